The Morgan fingerprint density at radius 2 is 1.74 bits per heavy atom. The van der Waals surface area contributed by atoms with E-state index in [1.807, 2.05) is 6.92 Å². The number of benzene rings is 2. The van der Waals surface area contributed by atoms with Crippen molar-refractivity contribution in [2.24, 2.45) is 0 Å². The maximum atomic E-state index is 12.2. The quantitative estimate of drug-likeness (QED) is 0.690. The molecule has 0 bridgehead atoms. The van der Waals surface area contributed by atoms with E-state index in [1.165, 1.54) is 26.4 Å². The lowest BCUT2D eigenvalue weighted by Crippen LogP contribution is -2.21. The second-order valence-electron chi connectivity index (χ2n) is 5.24. The third-order valence-corrected chi connectivity index (χ3v) is 3.78. The summed E-state index contributed by atoms with van der Waals surface area (Å²) in [6.45, 7) is 1.74. The van der Waals surface area contributed by atoms with Crippen LogP contribution in [-0.2, 0) is 9.53 Å². The van der Waals surface area contributed by atoms with Gasteiger partial charge < -0.3 is 24.3 Å². The zero-order chi connectivity index (χ0) is 19.8. The molecule has 0 heterocycles. The summed E-state index contributed by atoms with van der Waals surface area (Å²) in [6.07, 6.45) is 0. The zero-order valence-corrected chi connectivity index (χ0v) is 16.0. The van der Waals surface area contributed by atoms with E-state index in [1.54, 1.807) is 24.3 Å². The minimum Gasteiger partial charge on any atom is -0.495 e. The molecule has 144 valence electrons. The van der Waals surface area contributed by atoms with Crippen LogP contribution in [-0.4, -0.2) is 39.3 Å². The van der Waals surface area contributed by atoms with Gasteiger partial charge in [-0.15, -0.1) is 0 Å². The smallest absolute Gasteiger partial charge is 0.342 e. The van der Waals surface area contributed by atoms with E-state index in [9.17, 15) is 9.59 Å². The summed E-state index contributed by atoms with van der Waals surface area (Å²) in [5.41, 5.74) is 0.590. The predicted octanol–water partition coefficient (Wildman–Crippen LogP) is 3.55. The summed E-state index contributed by atoms with van der Waals surface area (Å²) in [5, 5.41) is 2.94. The highest BCUT2D eigenvalue weighted by molar-refractivity contribution is 6.32. The Kier molecular flexibility index (Phi) is 7.31. The molecule has 2 rings (SSSR count). The molecule has 0 aliphatic carbocycles. The van der Waals surface area contributed by atoms with Gasteiger partial charge in [-0.2, -0.15) is 0 Å². The van der Waals surface area contributed by atoms with Crippen molar-refractivity contribution in [2.45, 2.75) is 6.92 Å². The molecule has 0 aromatic heterocycles. The molecule has 1 N–H and O–H groups in total. The Bertz CT molecular complexity index is 824. The lowest BCUT2D eigenvalue weighted by Gasteiger charge is -2.13. The average Bonchev–Trinajstić information content (AvgIpc) is 2.67. The number of carbonyl (C=O) groups is 2. The van der Waals surface area contributed by atoms with E-state index in [-0.39, 0.29) is 5.56 Å². The van der Waals surface area contributed by atoms with Crippen molar-refractivity contribution >= 4 is 29.2 Å². The van der Waals surface area contributed by atoms with Gasteiger partial charge in [0.2, 0.25) is 0 Å². The van der Waals surface area contributed by atoms with Crippen molar-refractivity contribution in [1.29, 1.82) is 0 Å². The first-order valence-corrected chi connectivity index (χ1v) is 8.48. The van der Waals surface area contributed by atoms with Gasteiger partial charge in [-0.1, -0.05) is 23.7 Å². The second kappa shape index (κ2) is 9.68. The van der Waals surface area contributed by atoms with Crippen LogP contribution in [0.25, 0.3) is 0 Å². The third kappa shape index (κ3) is 5.27. The molecule has 0 saturated carbocycles. The van der Waals surface area contributed by atoms with Crippen LogP contribution in [0, 0.1) is 0 Å². The lowest BCUT2D eigenvalue weighted by atomic mass is 10.2. The second-order valence-corrected chi connectivity index (χ2v) is 5.65. The molecule has 1 amide bonds. The van der Waals surface area contributed by atoms with Crippen molar-refractivity contribution in [3.8, 4) is 17.2 Å². The maximum absolute atomic E-state index is 12.2. The van der Waals surface area contributed by atoms with Gasteiger partial charge in [0.25, 0.3) is 5.91 Å². The van der Waals surface area contributed by atoms with E-state index >= 15 is 0 Å². The number of hydrogen-bond donors (Lipinski definition) is 1. The molecule has 0 spiro atoms. The molecule has 0 aliphatic rings. The van der Waals surface area contributed by atoms with Crippen LogP contribution in [0.15, 0.2) is 36.4 Å². The van der Waals surface area contributed by atoms with E-state index in [4.69, 9.17) is 30.5 Å². The van der Waals surface area contributed by atoms with Crippen molar-refractivity contribution in [3.63, 3.8) is 0 Å². The van der Waals surface area contributed by atoms with E-state index in [2.05, 4.69) is 5.32 Å². The minimum atomic E-state index is -0.658. The molecular formula is C19H20ClNO6. The molecule has 0 radical (unpaired) electrons. The molecular weight excluding hydrogens is 374 g/mol. The predicted molar refractivity (Wildman–Crippen MR) is 101 cm³/mol. The van der Waals surface area contributed by atoms with E-state index < -0.39 is 18.5 Å². The number of rotatable bonds is 8. The number of hydrogen-bond acceptors (Lipinski definition) is 6. The molecule has 0 saturated heterocycles. The largest absolute Gasteiger partial charge is 0.495 e. The zero-order valence-electron chi connectivity index (χ0n) is 15.2. The van der Waals surface area contributed by atoms with Crippen LogP contribution in [0.3, 0.4) is 0 Å². The fourth-order valence-corrected chi connectivity index (χ4v) is 2.50. The third-order valence-electron chi connectivity index (χ3n) is 3.49. The lowest BCUT2D eigenvalue weighted by molar-refractivity contribution is -0.119. The Hall–Kier alpha value is -2.93. The highest BCUT2D eigenvalue weighted by Gasteiger charge is 2.17. The van der Waals surface area contributed by atoms with Gasteiger partial charge >= 0.3 is 5.97 Å². The number of anilines is 1. The molecule has 8 heteroatoms. The van der Waals surface area contributed by atoms with Crippen LogP contribution in [0.1, 0.15) is 17.3 Å². The first-order valence-electron chi connectivity index (χ1n) is 8.10. The summed E-state index contributed by atoms with van der Waals surface area (Å²) < 4.78 is 20.8. The first-order chi connectivity index (χ1) is 13.0. The monoisotopic (exact) mass is 393 g/mol. The minimum absolute atomic E-state index is 0.248. The van der Waals surface area contributed by atoms with E-state index in [0.29, 0.717) is 34.6 Å². The summed E-state index contributed by atoms with van der Waals surface area (Å²) in [6, 6.07) is 9.69. The van der Waals surface area contributed by atoms with Gasteiger partial charge in [0, 0.05) is 12.1 Å². The van der Waals surface area contributed by atoms with Gasteiger partial charge in [-0.25, -0.2) is 4.79 Å². The number of ether oxygens (including phenoxy) is 4. The summed E-state index contributed by atoms with van der Waals surface area (Å²) in [7, 11) is 2.90. The normalized spacial score (nSPS) is 10.1. The molecule has 7 nitrogen and oxygen atoms in total. The molecule has 0 atom stereocenters. The molecule has 27 heavy (non-hydrogen) atoms. The maximum Gasteiger partial charge on any atom is 0.342 e. The summed E-state index contributed by atoms with van der Waals surface area (Å²) in [4.78, 5) is 24.4. The van der Waals surface area contributed by atoms with Gasteiger partial charge in [0.05, 0.1) is 31.5 Å². The van der Waals surface area contributed by atoms with Crippen LogP contribution >= 0.6 is 11.6 Å². The number of nitrogens with one attached hydrogen (secondary N) is 1. The van der Waals surface area contributed by atoms with Gasteiger partial charge in [-0.05, 0) is 19.1 Å². The molecule has 0 aliphatic heterocycles. The highest BCUT2D eigenvalue weighted by Crippen LogP contribution is 2.35. The van der Waals surface area contributed by atoms with Crippen LogP contribution < -0.4 is 19.5 Å². The Balaban J connectivity index is 2.04. The van der Waals surface area contributed by atoms with Crippen LogP contribution in [0.2, 0.25) is 5.02 Å². The van der Waals surface area contributed by atoms with E-state index in [0.717, 1.165) is 0 Å². The summed E-state index contributed by atoms with van der Waals surface area (Å²) >= 11 is 6.03. The topological polar surface area (TPSA) is 83.1 Å². The Labute approximate surface area is 162 Å². The van der Waals surface area contributed by atoms with Crippen molar-refractivity contribution in [3.05, 3.63) is 47.0 Å². The standard InChI is InChI=1S/C19H20ClNO6/c1-4-26-15-8-6-5-7-12(15)19(23)27-11-18(22)21-14-10-16(24-2)13(20)9-17(14)25-3/h5-10H,4,11H2,1-3H3,(H,21,22). The van der Waals surface area contributed by atoms with Crippen molar-refractivity contribution < 1.29 is 28.5 Å². The average molecular weight is 394 g/mol. The number of carbonyl (C=O) groups excluding carboxylic acids is 2. The van der Waals surface area contributed by atoms with Crippen LogP contribution in [0.4, 0.5) is 5.69 Å². The SMILES string of the molecule is CCOc1ccccc1C(=O)OCC(=O)Nc1cc(OC)c(Cl)cc1OC. The van der Waals surface area contributed by atoms with Gasteiger partial charge in [-0.3, -0.25) is 4.79 Å². The molecule has 0 unspecified atom stereocenters. The van der Waals surface area contributed by atoms with Gasteiger partial charge in [0.1, 0.15) is 22.8 Å². The highest BCUT2D eigenvalue weighted by atomic mass is 35.5. The number of para-hydroxylation sites is 1. The van der Waals surface area contributed by atoms with Crippen LogP contribution in [0.5, 0.6) is 17.2 Å². The molecule has 2 aromatic rings. The summed E-state index contributed by atoms with van der Waals surface area (Å²) in [5.74, 6) is -0.0816. The fourth-order valence-electron chi connectivity index (χ4n) is 2.27. The van der Waals surface area contributed by atoms with Crippen molar-refractivity contribution in [2.75, 3.05) is 32.8 Å². The number of esters is 1. The molecule has 0 fully saturated rings. The van der Waals surface area contributed by atoms with Gasteiger partial charge in [0.15, 0.2) is 6.61 Å². The first kappa shape index (κ1) is 20.4. The van der Waals surface area contributed by atoms with Crippen molar-refractivity contribution in [1.82, 2.24) is 0 Å². The fraction of sp³-hybridized carbons (Fsp3) is 0.263. The Morgan fingerprint density at radius 1 is 1.04 bits per heavy atom. The Morgan fingerprint density at radius 3 is 2.41 bits per heavy atom. The number of methoxy groups -OCH3 is 2. The number of halogens is 1. The number of amides is 1. The molecule has 2 aromatic carbocycles.